The van der Waals surface area contributed by atoms with Crippen molar-refractivity contribution in [3.8, 4) is 0 Å². The zero-order chi connectivity index (χ0) is 14.3. The lowest BCUT2D eigenvalue weighted by Crippen LogP contribution is -2.29. The number of carbonyl (C=O) groups is 1. The van der Waals surface area contributed by atoms with Crippen molar-refractivity contribution in [1.29, 1.82) is 0 Å². The minimum atomic E-state index is -4.91. The molecule has 3 nitrogen and oxygen atoms in total. The Morgan fingerprint density at radius 2 is 1.70 bits per heavy atom. The molecule has 0 radical (unpaired) electrons. The summed E-state index contributed by atoms with van der Waals surface area (Å²) in [6, 6.07) is 11.7. The van der Waals surface area contributed by atoms with E-state index >= 15 is 0 Å². The van der Waals surface area contributed by atoms with Gasteiger partial charge in [0.15, 0.2) is 0 Å². The Morgan fingerprint density at radius 3 is 2.45 bits per heavy atom. The fourth-order valence-corrected chi connectivity index (χ4v) is 2.01. The Labute approximate surface area is 111 Å². The van der Waals surface area contributed by atoms with Gasteiger partial charge in [-0.05, 0) is 18.2 Å². The Kier molecular flexibility index (Phi) is 2.67. The van der Waals surface area contributed by atoms with E-state index in [1.165, 1.54) is 12.1 Å². The van der Waals surface area contributed by atoms with Crippen molar-refractivity contribution in [1.82, 2.24) is 0 Å². The molecule has 3 aromatic rings. The number of para-hydroxylation sites is 1. The van der Waals surface area contributed by atoms with Crippen molar-refractivity contribution in [3.63, 3.8) is 0 Å². The molecule has 1 N–H and O–H groups in total. The summed E-state index contributed by atoms with van der Waals surface area (Å²) >= 11 is 0. The second-order valence-corrected chi connectivity index (χ2v) is 4.26. The maximum absolute atomic E-state index is 12.2. The van der Waals surface area contributed by atoms with E-state index in [0.717, 1.165) is 10.8 Å². The molecule has 0 saturated carbocycles. The predicted octanol–water partition coefficient (Wildman–Crippen LogP) is 4.09. The second kappa shape index (κ2) is 4.26. The molecule has 0 bridgehead atoms. The van der Waals surface area contributed by atoms with Crippen LogP contribution in [0.4, 0.5) is 18.9 Å². The molecule has 0 aliphatic rings. The number of furan rings is 1. The molecule has 1 amide bonds. The number of nitrogens with one attached hydrogen (secondary N) is 1. The van der Waals surface area contributed by atoms with Gasteiger partial charge < -0.3 is 9.73 Å². The molecular formula is C14H8F3NO2. The number of alkyl halides is 3. The summed E-state index contributed by atoms with van der Waals surface area (Å²) in [6.45, 7) is 0. The van der Waals surface area contributed by atoms with Crippen molar-refractivity contribution in [3.05, 3.63) is 42.5 Å². The van der Waals surface area contributed by atoms with Crippen LogP contribution >= 0.6 is 0 Å². The van der Waals surface area contributed by atoms with Crippen molar-refractivity contribution in [2.24, 2.45) is 0 Å². The van der Waals surface area contributed by atoms with Crippen LogP contribution in [0.15, 0.2) is 46.9 Å². The first-order valence-electron chi connectivity index (χ1n) is 5.74. The second-order valence-electron chi connectivity index (χ2n) is 4.26. The maximum Gasteiger partial charge on any atom is 0.471 e. The van der Waals surface area contributed by atoms with Gasteiger partial charge in [0.25, 0.3) is 0 Å². The van der Waals surface area contributed by atoms with E-state index in [1.54, 1.807) is 23.5 Å². The summed E-state index contributed by atoms with van der Waals surface area (Å²) in [5.41, 5.74) is 1.10. The van der Waals surface area contributed by atoms with Crippen LogP contribution < -0.4 is 5.32 Å². The minimum absolute atomic E-state index is 0.0406. The number of anilines is 1. The van der Waals surface area contributed by atoms with Crippen LogP contribution in [0.1, 0.15) is 0 Å². The molecule has 0 unspecified atom stereocenters. The van der Waals surface area contributed by atoms with Gasteiger partial charge in [-0.3, -0.25) is 4.79 Å². The minimum Gasteiger partial charge on any atom is -0.456 e. The highest BCUT2D eigenvalue weighted by Crippen LogP contribution is 2.30. The highest BCUT2D eigenvalue weighted by Gasteiger charge is 2.38. The standard InChI is InChI=1S/C14H8F3NO2/c15-14(16,17)13(19)18-8-5-6-10-9-3-1-2-4-11(9)20-12(10)7-8/h1-7H,(H,18,19). The number of hydrogen-bond acceptors (Lipinski definition) is 2. The van der Waals surface area contributed by atoms with Gasteiger partial charge in [-0.2, -0.15) is 13.2 Å². The van der Waals surface area contributed by atoms with E-state index in [2.05, 4.69) is 0 Å². The van der Waals surface area contributed by atoms with Crippen molar-refractivity contribution in [2.75, 3.05) is 5.32 Å². The monoisotopic (exact) mass is 279 g/mol. The maximum atomic E-state index is 12.2. The average Bonchev–Trinajstić information content (AvgIpc) is 2.75. The topological polar surface area (TPSA) is 42.2 Å². The summed E-state index contributed by atoms with van der Waals surface area (Å²) in [6.07, 6.45) is -4.91. The number of halogens is 3. The lowest BCUT2D eigenvalue weighted by atomic mass is 10.1. The molecule has 0 aliphatic heterocycles. The van der Waals surface area contributed by atoms with E-state index < -0.39 is 12.1 Å². The highest BCUT2D eigenvalue weighted by atomic mass is 19.4. The van der Waals surface area contributed by atoms with Crippen LogP contribution in [0.2, 0.25) is 0 Å². The molecule has 1 heterocycles. The third kappa shape index (κ3) is 2.09. The zero-order valence-electron chi connectivity index (χ0n) is 9.99. The molecule has 0 spiro atoms. The number of rotatable bonds is 1. The Balaban J connectivity index is 2.03. The Hall–Kier alpha value is -2.50. The summed E-state index contributed by atoms with van der Waals surface area (Å²) in [5, 5.41) is 3.45. The van der Waals surface area contributed by atoms with Crippen molar-refractivity contribution in [2.45, 2.75) is 6.18 Å². The van der Waals surface area contributed by atoms with Gasteiger partial charge in [0.2, 0.25) is 0 Å². The van der Waals surface area contributed by atoms with Crippen LogP contribution in [0.25, 0.3) is 21.9 Å². The third-order valence-electron chi connectivity index (χ3n) is 2.89. The van der Waals surface area contributed by atoms with Gasteiger partial charge in [0.05, 0.1) is 0 Å². The molecular weight excluding hydrogens is 271 g/mol. The quantitative estimate of drug-likeness (QED) is 0.729. The molecule has 0 saturated heterocycles. The number of hydrogen-bond donors (Lipinski definition) is 1. The largest absolute Gasteiger partial charge is 0.471 e. The fourth-order valence-electron chi connectivity index (χ4n) is 2.01. The predicted molar refractivity (Wildman–Crippen MR) is 68.4 cm³/mol. The normalized spacial score (nSPS) is 11.9. The SMILES string of the molecule is O=C(Nc1ccc2c(c1)oc1ccccc12)C(F)(F)F. The van der Waals surface area contributed by atoms with Gasteiger partial charge in [-0.15, -0.1) is 0 Å². The number of carbonyl (C=O) groups excluding carboxylic acids is 1. The summed E-state index contributed by atoms with van der Waals surface area (Å²) in [4.78, 5) is 10.9. The van der Waals surface area contributed by atoms with Crippen LogP contribution in [0, 0.1) is 0 Å². The van der Waals surface area contributed by atoms with Crippen molar-refractivity contribution >= 4 is 33.5 Å². The van der Waals surface area contributed by atoms with Gasteiger partial charge >= 0.3 is 12.1 Å². The third-order valence-corrected chi connectivity index (χ3v) is 2.89. The molecule has 3 rings (SSSR count). The zero-order valence-corrected chi connectivity index (χ0v) is 9.99. The van der Waals surface area contributed by atoms with Gasteiger partial charge in [0, 0.05) is 22.5 Å². The Morgan fingerprint density at radius 1 is 1.00 bits per heavy atom. The smallest absolute Gasteiger partial charge is 0.456 e. The number of fused-ring (bicyclic) bond motifs is 3. The van der Waals surface area contributed by atoms with Crippen LogP contribution in [-0.4, -0.2) is 12.1 Å². The fraction of sp³-hybridized carbons (Fsp3) is 0.0714. The summed E-state index contributed by atoms with van der Waals surface area (Å²) in [7, 11) is 0. The Bertz CT molecular complexity index is 805. The molecule has 0 atom stereocenters. The lowest BCUT2D eigenvalue weighted by Gasteiger charge is -2.07. The van der Waals surface area contributed by atoms with E-state index in [-0.39, 0.29) is 5.69 Å². The molecule has 0 fully saturated rings. The number of amides is 1. The van der Waals surface area contributed by atoms with E-state index in [9.17, 15) is 18.0 Å². The highest BCUT2D eigenvalue weighted by molar-refractivity contribution is 6.06. The molecule has 2 aromatic carbocycles. The first-order valence-corrected chi connectivity index (χ1v) is 5.74. The average molecular weight is 279 g/mol. The molecule has 102 valence electrons. The van der Waals surface area contributed by atoms with Gasteiger partial charge in [0.1, 0.15) is 11.2 Å². The molecule has 1 aromatic heterocycles. The van der Waals surface area contributed by atoms with E-state index in [0.29, 0.717) is 11.2 Å². The van der Waals surface area contributed by atoms with Crippen molar-refractivity contribution < 1.29 is 22.4 Å². The van der Waals surface area contributed by atoms with E-state index in [1.807, 2.05) is 12.1 Å². The first kappa shape index (κ1) is 12.5. The lowest BCUT2D eigenvalue weighted by molar-refractivity contribution is -0.167. The first-order chi connectivity index (χ1) is 9.45. The summed E-state index contributed by atoms with van der Waals surface area (Å²) < 4.78 is 42.1. The van der Waals surface area contributed by atoms with E-state index in [4.69, 9.17) is 4.42 Å². The van der Waals surface area contributed by atoms with Gasteiger partial charge in [-0.1, -0.05) is 18.2 Å². The molecule has 6 heteroatoms. The van der Waals surface area contributed by atoms with Crippen LogP contribution in [0.5, 0.6) is 0 Å². The van der Waals surface area contributed by atoms with Gasteiger partial charge in [-0.25, -0.2) is 0 Å². The number of benzene rings is 2. The summed E-state index contributed by atoms with van der Waals surface area (Å²) in [5.74, 6) is -2.01. The van der Waals surface area contributed by atoms with Crippen LogP contribution in [0.3, 0.4) is 0 Å². The molecule has 20 heavy (non-hydrogen) atoms. The van der Waals surface area contributed by atoms with Crippen LogP contribution in [-0.2, 0) is 4.79 Å². The molecule has 0 aliphatic carbocycles.